The number of aromatic nitrogens is 1. The highest BCUT2D eigenvalue weighted by Gasteiger charge is 2.15. The van der Waals surface area contributed by atoms with Crippen LogP contribution in [-0.2, 0) is 4.74 Å². The fraction of sp³-hybridized carbons (Fsp3) is 0.227. The molecule has 3 aromatic rings. The van der Waals surface area contributed by atoms with Crippen LogP contribution < -0.4 is 4.80 Å². The summed E-state index contributed by atoms with van der Waals surface area (Å²) in [5.41, 5.74) is 3.66. The third kappa shape index (κ3) is 4.28. The van der Waals surface area contributed by atoms with Crippen LogP contribution in [0.3, 0.4) is 0 Å². The van der Waals surface area contributed by atoms with Crippen molar-refractivity contribution in [1.82, 2.24) is 4.68 Å². The molecule has 1 saturated heterocycles. The van der Waals surface area contributed by atoms with Gasteiger partial charge in [0, 0.05) is 17.6 Å². The molecule has 1 atom stereocenters. The van der Waals surface area contributed by atoms with Crippen molar-refractivity contribution in [2.24, 2.45) is 10.1 Å². The molecule has 1 fully saturated rings. The van der Waals surface area contributed by atoms with Crippen molar-refractivity contribution < 1.29 is 4.74 Å². The average Bonchev–Trinajstić information content (AvgIpc) is 3.41. The van der Waals surface area contributed by atoms with Gasteiger partial charge in [-0.05, 0) is 30.5 Å². The van der Waals surface area contributed by atoms with Gasteiger partial charge in [-0.1, -0.05) is 42.5 Å². The van der Waals surface area contributed by atoms with E-state index in [0.29, 0.717) is 12.1 Å². The standard InChI is InChI=1S/C22H20N4OS/c23-13-17-8-10-18(11-9-17)14-25-26-21(19-5-2-1-3-6-19)16-28-22(26)24-15-20-7-4-12-27-20/h1-3,5-6,8-11,14,16,20H,4,7,12,15H2/b24-22?,25-14-/t20-/m0/s1. The second kappa shape index (κ2) is 8.79. The Hall–Kier alpha value is -3.01. The van der Waals surface area contributed by atoms with Gasteiger partial charge in [-0.25, -0.2) is 4.68 Å². The van der Waals surface area contributed by atoms with Crippen molar-refractivity contribution in [3.05, 3.63) is 75.9 Å². The molecule has 5 nitrogen and oxygen atoms in total. The van der Waals surface area contributed by atoms with Gasteiger partial charge in [-0.2, -0.15) is 10.4 Å². The van der Waals surface area contributed by atoms with E-state index < -0.39 is 0 Å². The lowest BCUT2D eigenvalue weighted by Gasteiger charge is -2.05. The minimum Gasteiger partial charge on any atom is -0.376 e. The maximum absolute atomic E-state index is 8.95. The molecule has 4 rings (SSSR count). The van der Waals surface area contributed by atoms with Crippen molar-refractivity contribution in [2.75, 3.05) is 13.2 Å². The van der Waals surface area contributed by atoms with Crippen LogP contribution in [-0.4, -0.2) is 30.1 Å². The van der Waals surface area contributed by atoms with Gasteiger partial charge in [-0.15, -0.1) is 11.3 Å². The molecule has 140 valence electrons. The highest BCUT2D eigenvalue weighted by Crippen LogP contribution is 2.20. The lowest BCUT2D eigenvalue weighted by molar-refractivity contribution is 0.117. The molecule has 2 aromatic carbocycles. The highest BCUT2D eigenvalue weighted by atomic mass is 32.1. The molecular formula is C22H20N4OS. The van der Waals surface area contributed by atoms with Gasteiger partial charge in [0.15, 0.2) is 0 Å². The van der Waals surface area contributed by atoms with E-state index in [4.69, 9.17) is 20.1 Å². The fourth-order valence-electron chi connectivity index (χ4n) is 3.06. The molecule has 0 N–H and O–H groups in total. The fourth-order valence-corrected chi connectivity index (χ4v) is 3.91. The molecule has 28 heavy (non-hydrogen) atoms. The van der Waals surface area contributed by atoms with Crippen molar-refractivity contribution in [3.63, 3.8) is 0 Å². The summed E-state index contributed by atoms with van der Waals surface area (Å²) >= 11 is 1.58. The Morgan fingerprint density at radius 1 is 1.18 bits per heavy atom. The Morgan fingerprint density at radius 2 is 2.00 bits per heavy atom. The molecule has 1 aliphatic rings. The third-order valence-corrected chi connectivity index (χ3v) is 5.43. The Labute approximate surface area is 167 Å². The van der Waals surface area contributed by atoms with E-state index in [2.05, 4.69) is 23.6 Å². The second-order valence-corrected chi connectivity index (χ2v) is 7.37. The second-order valence-electron chi connectivity index (χ2n) is 6.54. The summed E-state index contributed by atoms with van der Waals surface area (Å²) in [7, 11) is 0. The van der Waals surface area contributed by atoms with Gasteiger partial charge in [-0.3, -0.25) is 4.99 Å². The van der Waals surface area contributed by atoms with Gasteiger partial charge in [0.1, 0.15) is 0 Å². The average molecular weight is 388 g/mol. The zero-order chi connectivity index (χ0) is 19.2. The molecule has 0 aliphatic carbocycles. The van der Waals surface area contributed by atoms with Crippen molar-refractivity contribution in [2.45, 2.75) is 18.9 Å². The lowest BCUT2D eigenvalue weighted by atomic mass is 10.2. The first-order chi connectivity index (χ1) is 13.8. The zero-order valence-corrected chi connectivity index (χ0v) is 16.2. The van der Waals surface area contributed by atoms with Crippen LogP contribution in [0, 0.1) is 11.3 Å². The summed E-state index contributed by atoms with van der Waals surface area (Å²) in [6.07, 6.45) is 4.18. The molecule has 0 unspecified atom stereocenters. The van der Waals surface area contributed by atoms with E-state index in [-0.39, 0.29) is 6.10 Å². The predicted molar refractivity (Wildman–Crippen MR) is 111 cm³/mol. The van der Waals surface area contributed by atoms with E-state index in [1.165, 1.54) is 0 Å². The van der Waals surface area contributed by atoms with Crippen molar-refractivity contribution >= 4 is 17.6 Å². The molecule has 2 heterocycles. The van der Waals surface area contributed by atoms with Crippen LogP contribution in [0.2, 0.25) is 0 Å². The first-order valence-electron chi connectivity index (χ1n) is 9.26. The number of rotatable bonds is 5. The molecule has 0 spiro atoms. The molecule has 0 saturated carbocycles. The van der Waals surface area contributed by atoms with Crippen molar-refractivity contribution in [3.8, 4) is 17.3 Å². The molecule has 1 aliphatic heterocycles. The predicted octanol–water partition coefficient (Wildman–Crippen LogP) is 4.05. The number of hydrogen-bond donors (Lipinski definition) is 0. The van der Waals surface area contributed by atoms with Gasteiger partial charge >= 0.3 is 0 Å². The number of nitriles is 1. The number of benzene rings is 2. The van der Waals surface area contributed by atoms with E-state index in [1.54, 1.807) is 29.7 Å². The summed E-state index contributed by atoms with van der Waals surface area (Å²) in [5.74, 6) is 0. The molecule has 6 heteroatoms. The van der Waals surface area contributed by atoms with Crippen LogP contribution in [0.15, 0.2) is 70.1 Å². The van der Waals surface area contributed by atoms with Gasteiger partial charge in [0.05, 0.1) is 36.2 Å². The first-order valence-corrected chi connectivity index (χ1v) is 10.1. The lowest BCUT2D eigenvalue weighted by Crippen LogP contribution is -2.17. The summed E-state index contributed by atoms with van der Waals surface area (Å²) < 4.78 is 7.58. The SMILES string of the molecule is N#Cc1ccc(/C=N\n2c(-c3ccccc3)csc2=NC[C@@H]2CCCO2)cc1. The summed E-state index contributed by atoms with van der Waals surface area (Å²) in [4.78, 5) is 5.62. The van der Waals surface area contributed by atoms with Crippen LogP contribution in [0.5, 0.6) is 0 Å². The summed E-state index contributed by atoms with van der Waals surface area (Å²) in [6, 6.07) is 19.7. The highest BCUT2D eigenvalue weighted by molar-refractivity contribution is 7.07. The third-order valence-electron chi connectivity index (χ3n) is 4.57. The maximum Gasteiger partial charge on any atom is 0.206 e. The largest absolute Gasteiger partial charge is 0.376 e. The van der Waals surface area contributed by atoms with Crippen molar-refractivity contribution in [1.29, 1.82) is 5.26 Å². The number of hydrogen-bond acceptors (Lipinski definition) is 5. The smallest absolute Gasteiger partial charge is 0.206 e. The molecule has 0 bridgehead atoms. The Bertz CT molecular complexity index is 1050. The quantitative estimate of drug-likeness (QED) is 0.619. The Kier molecular flexibility index (Phi) is 5.76. The number of thiazole rings is 1. The van der Waals surface area contributed by atoms with Crippen LogP contribution in [0.1, 0.15) is 24.0 Å². The van der Waals surface area contributed by atoms with E-state index in [0.717, 1.165) is 41.1 Å². The van der Waals surface area contributed by atoms with Crippen LogP contribution in [0.4, 0.5) is 0 Å². The minimum atomic E-state index is 0.207. The summed E-state index contributed by atoms with van der Waals surface area (Å²) in [6.45, 7) is 1.48. The molecule has 0 amide bonds. The number of ether oxygens (including phenoxy) is 1. The zero-order valence-electron chi connectivity index (χ0n) is 15.4. The Balaban J connectivity index is 1.69. The Morgan fingerprint density at radius 3 is 2.71 bits per heavy atom. The topological polar surface area (TPSA) is 62.7 Å². The first kappa shape index (κ1) is 18.4. The van der Waals surface area contributed by atoms with E-state index in [1.807, 2.05) is 35.0 Å². The van der Waals surface area contributed by atoms with Gasteiger partial charge in [0.25, 0.3) is 0 Å². The molecular weight excluding hydrogens is 368 g/mol. The number of nitrogens with zero attached hydrogens (tertiary/aromatic N) is 4. The molecule has 1 aromatic heterocycles. The maximum atomic E-state index is 8.95. The molecule has 0 radical (unpaired) electrons. The van der Waals surface area contributed by atoms with E-state index >= 15 is 0 Å². The normalized spacial score (nSPS) is 17.2. The van der Waals surface area contributed by atoms with E-state index in [9.17, 15) is 0 Å². The summed E-state index contributed by atoms with van der Waals surface area (Å²) in [5, 5.41) is 15.7. The van der Waals surface area contributed by atoms with Crippen LogP contribution >= 0.6 is 11.3 Å². The monoisotopic (exact) mass is 388 g/mol. The van der Waals surface area contributed by atoms with Crippen LogP contribution in [0.25, 0.3) is 11.3 Å². The van der Waals surface area contributed by atoms with Gasteiger partial charge < -0.3 is 4.74 Å². The minimum absolute atomic E-state index is 0.207. The van der Waals surface area contributed by atoms with Gasteiger partial charge in [0.2, 0.25) is 4.80 Å².